The van der Waals surface area contributed by atoms with E-state index in [1.165, 1.54) is 36.1 Å². The summed E-state index contributed by atoms with van der Waals surface area (Å²) in [6.45, 7) is 2.41. The molecule has 3 heterocycles. The summed E-state index contributed by atoms with van der Waals surface area (Å²) in [6.07, 6.45) is 1.75. The number of carbonyl (C=O) groups excluding carboxylic acids is 1. The maximum Gasteiger partial charge on any atom is 0.244 e. The van der Waals surface area contributed by atoms with E-state index < -0.39 is 5.82 Å². The molecule has 1 fully saturated rings. The number of hydrogen-bond donors (Lipinski definition) is 0. The lowest BCUT2D eigenvalue weighted by Gasteiger charge is -2.35. The van der Waals surface area contributed by atoms with Crippen LogP contribution in [0.1, 0.15) is 0 Å². The van der Waals surface area contributed by atoms with Crippen molar-refractivity contribution in [2.45, 2.75) is 6.54 Å². The number of amides is 1. The first kappa shape index (κ1) is 23.4. The van der Waals surface area contributed by atoms with Crippen molar-refractivity contribution in [3.05, 3.63) is 78.5 Å². The van der Waals surface area contributed by atoms with Gasteiger partial charge in [0.05, 0.1) is 7.11 Å². The molecule has 0 atom stereocenters. The first-order chi connectivity index (χ1) is 17.5. The van der Waals surface area contributed by atoms with Crippen LogP contribution in [0, 0.1) is 11.6 Å². The van der Waals surface area contributed by atoms with Gasteiger partial charge in [0, 0.05) is 43.5 Å². The number of ether oxygens (including phenoxy) is 1. The lowest BCUT2D eigenvalue weighted by molar-refractivity contribution is -0.132. The first-order valence-corrected chi connectivity index (χ1v) is 11.5. The van der Waals surface area contributed by atoms with Gasteiger partial charge in [0.1, 0.15) is 18.2 Å². The Kier molecular flexibility index (Phi) is 6.57. The number of piperazine rings is 1. The fraction of sp³-hybridized carbons (Fsp3) is 0.231. The van der Waals surface area contributed by atoms with Gasteiger partial charge in [-0.3, -0.25) is 4.79 Å². The van der Waals surface area contributed by atoms with Crippen LogP contribution in [0.15, 0.2) is 66.9 Å². The Morgan fingerprint density at radius 3 is 2.42 bits per heavy atom. The number of benzene rings is 2. The third-order valence-electron chi connectivity index (χ3n) is 6.07. The van der Waals surface area contributed by atoms with Gasteiger partial charge in [-0.25, -0.2) is 23.4 Å². The zero-order valence-corrected chi connectivity index (χ0v) is 19.6. The largest absolute Gasteiger partial charge is 0.494 e. The molecule has 0 spiro atoms. The Hall–Kier alpha value is -4.34. The molecule has 1 amide bonds. The number of nitrogens with zero attached hydrogens (tertiary/aromatic N) is 6. The van der Waals surface area contributed by atoms with E-state index in [9.17, 15) is 13.6 Å². The summed E-state index contributed by atoms with van der Waals surface area (Å²) in [4.78, 5) is 26.1. The van der Waals surface area contributed by atoms with Crippen molar-refractivity contribution in [1.29, 1.82) is 0 Å². The van der Waals surface area contributed by atoms with Gasteiger partial charge in [-0.15, -0.1) is 5.10 Å². The smallest absolute Gasteiger partial charge is 0.244 e. The first-order valence-electron chi connectivity index (χ1n) is 11.5. The molecule has 8 nitrogen and oxygen atoms in total. The molecule has 184 valence electrons. The average Bonchev–Trinajstić information content (AvgIpc) is 3.33. The number of anilines is 1. The fourth-order valence-corrected chi connectivity index (χ4v) is 4.14. The summed E-state index contributed by atoms with van der Waals surface area (Å²) in [7, 11) is 1.38. The molecule has 2 aromatic carbocycles. The highest BCUT2D eigenvalue weighted by molar-refractivity contribution is 5.77. The summed E-state index contributed by atoms with van der Waals surface area (Å²) in [5, 5.41) is 4.55. The monoisotopic (exact) mass is 490 g/mol. The van der Waals surface area contributed by atoms with Crippen molar-refractivity contribution in [3.8, 4) is 28.5 Å². The van der Waals surface area contributed by atoms with E-state index in [4.69, 9.17) is 4.74 Å². The minimum atomic E-state index is -0.500. The maximum atomic E-state index is 13.9. The van der Waals surface area contributed by atoms with Crippen molar-refractivity contribution in [1.82, 2.24) is 24.6 Å². The number of rotatable bonds is 6. The Morgan fingerprint density at radius 1 is 0.972 bits per heavy atom. The molecule has 0 bridgehead atoms. The molecule has 0 saturated carbocycles. The molecule has 1 aliphatic rings. The Bertz CT molecular complexity index is 1350. The normalized spacial score (nSPS) is 13.6. The predicted octanol–water partition coefficient (Wildman–Crippen LogP) is 3.64. The average molecular weight is 491 g/mol. The zero-order valence-electron chi connectivity index (χ0n) is 19.6. The molecule has 2 aromatic heterocycles. The van der Waals surface area contributed by atoms with Gasteiger partial charge < -0.3 is 14.5 Å². The molecule has 0 radical (unpaired) electrons. The molecule has 36 heavy (non-hydrogen) atoms. The van der Waals surface area contributed by atoms with Gasteiger partial charge in [-0.2, -0.15) is 0 Å². The third kappa shape index (κ3) is 4.88. The van der Waals surface area contributed by atoms with Crippen molar-refractivity contribution in [2.75, 3.05) is 38.2 Å². The summed E-state index contributed by atoms with van der Waals surface area (Å²) < 4.78 is 34.0. The van der Waals surface area contributed by atoms with Gasteiger partial charge >= 0.3 is 0 Å². The summed E-state index contributed by atoms with van der Waals surface area (Å²) in [5.74, 6) is 0.684. The van der Waals surface area contributed by atoms with Crippen molar-refractivity contribution in [2.24, 2.45) is 0 Å². The number of pyridine rings is 1. The third-order valence-corrected chi connectivity index (χ3v) is 6.07. The van der Waals surface area contributed by atoms with E-state index >= 15 is 0 Å². The molecule has 1 aliphatic heterocycles. The molecule has 5 rings (SSSR count). The van der Waals surface area contributed by atoms with Crippen LogP contribution < -0.4 is 9.64 Å². The molecular formula is C26H24F2N6O2. The van der Waals surface area contributed by atoms with E-state index in [1.807, 2.05) is 18.2 Å². The Labute approximate surface area is 206 Å². The van der Waals surface area contributed by atoms with E-state index in [-0.39, 0.29) is 24.0 Å². The van der Waals surface area contributed by atoms with Crippen molar-refractivity contribution in [3.63, 3.8) is 0 Å². The van der Waals surface area contributed by atoms with Gasteiger partial charge in [-0.05, 0) is 54.6 Å². The number of carbonyl (C=O) groups is 1. The highest BCUT2D eigenvalue weighted by Crippen LogP contribution is 2.27. The summed E-state index contributed by atoms with van der Waals surface area (Å²) >= 11 is 0. The number of methoxy groups -OCH3 is 1. The Morgan fingerprint density at radius 2 is 1.72 bits per heavy atom. The SMILES string of the molecule is COc1cc(-c2nc(-c3ccc(F)cc3)n(CC(=O)N3CCN(c4ccccn4)CC3)n2)ccc1F. The molecule has 0 N–H and O–H groups in total. The van der Waals surface area contributed by atoms with Crippen molar-refractivity contribution >= 4 is 11.7 Å². The van der Waals surface area contributed by atoms with E-state index in [0.717, 1.165) is 5.82 Å². The van der Waals surface area contributed by atoms with E-state index in [2.05, 4.69) is 20.0 Å². The number of halogens is 2. The summed E-state index contributed by atoms with van der Waals surface area (Å²) in [5.41, 5.74) is 1.14. The molecular weight excluding hydrogens is 466 g/mol. The molecule has 0 unspecified atom stereocenters. The maximum absolute atomic E-state index is 13.9. The lowest BCUT2D eigenvalue weighted by atomic mass is 10.2. The standard InChI is InChI=1S/C26H24F2N6O2/c1-36-22-16-19(7-10-21(22)28)25-30-26(18-5-8-20(27)9-6-18)34(31-25)17-24(35)33-14-12-32(13-15-33)23-4-2-3-11-29-23/h2-11,16H,12-15,17H2,1H3. The van der Waals surface area contributed by atoms with Crippen LogP contribution in [0.2, 0.25) is 0 Å². The zero-order chi connectivity index (χ0) is 25.1. The van der Waals surface area contributed by atoms with E-state index in [1.54, 1.807) is 29.3 Å². The van der Waals surface area contributed by atoms with Crippen molar-refractivity contribution < 1.29 is 18.3 Å². The van der Waals surface area contributed by atoms with Gasteiger partial charge in [0.15, 0.2) is 23.2 Å². The van der Waals surface area contributed by atoms with Gasteiger partial charge in [0.25, 0.3) is 0 Å². The quantitative estimate of drug-likeness (QED) is 0.411. The second-order valence-electron chi connectivity index (χ2n) is 8.33. The molecule has 0 aliphatic carbocycles. The fourth-order valence-electron chi connectivity index (χ4n) is 4.14. The number of hydrogen-bond acceptors (Lipinski definition) is 6. The van der Waals surface area contributed by atoms with Gasteiger partial charge in [0.2, 0.25) is 5.91 Å². The molecule has 10 heteroatoms. The molecule has 4 aromatic rings. The van der Waals surface area contributed by atoms with Crippen LogP contribution >= 0.6 is 0 Å². The highest BCUT2D eigenvalue weighted by Gasteiger charge is 2.24. The topological polar surface area (TPSA) is 76.4 Å². The van der Waals surface area contributed by atoms with Crippen LogP contribution in [-0.4, -0.2) is 63.8 Å². The van der Waals surface area contributed by atoms with Crippen LogP contribution in [0.4, 0.5) is 14.6 Å². The lowest BCUT2D eigenvalue weighted by Crippen LogP contribution is -2.49. The number of aromatic nitrogens is 4. The predicted molar refractivity (Wildman–Crippen MR) is 130 cm³/mol. The Balaban J connectivity index is 1.39. The molecule has 1 saturated heterocycles. The second kappa shape index (κ2) is 10.1. The van der Waals surface area contributed by atoms with Gasteiger partial charge in [-0.1, -0.05) is 6.07 Å². The minimum Gasteiger partial charge on any atom is -0.494 e. The van der Waals surface area contributed by atoms with E-state index in [0.29, 0.717) is 49.0 Å². The van der Waals surface area contributed by atoms with Crippen LogP contribution in [0.25, 0.3) is 22.8 Å². The van der Waals surface area contributed by atoms with Crippen LogP contribution in [-0.2, 0) is 11.3 Å². The highest BCUT2D eigenvalue weighted by atomic mass is 19.1. The van der Waals surface area contributed by atoms with Crippen LogP contribution in [0.5, 0.6) is 5.75 Å². The van der Waals surface area contributed by atoms with Crippen LogP contribution in [0.3, 0.4) is 0 Å². The minimum absolute atomic E-state index is 0.0401. The second-order valence-corrected chi connectivity index (χ2v) is 8.33. The summed E-state index contributed by atoms with van der Waals surface area (Å²) in [6, 6.07) is 15.9.